The zero-order chi connectivity index (χ0) is 19.7. The van der Waals surface area contributed by atoms with Crippen molar-refractivity contribution < 1.29 is 13.6 Å². The summed E-state index contributed by atoms with van der Waals surface area (Å²) in [6.07, 6.45) is 2.76. The molecule has 7 nitrogen and oxygen atoms in total. The summed E-state index contributed by atoms with van der Waals surface area (Å²) in [6, 6.07) is 3.97. The molecule has 28 heavy (non-hydrogen) atoms. The molecule has 0 radical (unpaired) electrons. The van der Waals surface area contributed by atoms with Crippen molar-refractivity contribution in [3.63, 3.8) is 0 Å². The van der Waals surface area contributed by atoms with Gasteiger partial charge in [0, 0.05) is 38.2 Å². The van der Waals surface area contributed by atoms with Crippen molar-refractivity contribution in [2.24, 2.45) is 0 Å². The standard InChI is InChI=1S/C19H24F2N6O/c1-13(12-26-9-3-6-17(26)28)27-19(22-23-24-27)25-10-7-14(8-11-25)18-15(20)4-2-5-16(18)21/h2,4-5,13-14H,3,6-12H2,1H3. The molecule has 1 atom stereocenters. The van der Waals surface area contributed by atoms with Crippen LogP contribution in [0.3, 0.4) is 0 Å². The van der Waals surface area contributed by atoms with Crippen molar-refractivity contribution in [3.05, 3.63) is 35.4 Å². The van der Waals surface area contributed by atoms with Crippen molar-refractivity contribution in [2.75, 3.05) is 31.1 Å². The highest BCUT2D eigenvalue weighted by Gasteiger charge is 2.29. The van der Waals surface area contributed by atoms with E-state index in [-0.39, 0.29) is 23.4 Å². The van der Waals surface area contributed by atoms with Crippen LogP contribution in [-0.2, 0) is 4.79 Å². The van der Waals surface area contributed by atoms with Crippen LogP contribution in [0.25, 0.3) is 0 Å². The van der Waals surface area contributed by atoms with Gasteiger partial charge in [0.05, 0.1) is 6.04 Å². The quantitative estimate of drug-likeness (QED) is 0.785. The minimum Gasteiger partial charge on any atom is -0.341 e. The molecule has 2 aromatic rings. The molecule has 1 aromatic heterocycles. The fourth-order valence-corrected chi connectivity index (χ4v) is 4.24. The monoisotopic (exact) mass is 390 g/mol. The number of hydrogen-bond acceptors (Lipinski definition) is 5. The van der Waals surface area contributed by atoms with Crippen LogP contribution in [0, 0.1) is 11.6 Å². The van der Waals surface area contributed by atoms with Gasteiger partial charge in [-0.05, 0) is 54.7 Å². The number of carbonyl (C=O) groups is 1. The highest BCUT2D eigenvalue weighted by molar-refractivity contribution is 5.78. The maximum atomic E-state index is 14.1. The van der Waals surface area contributed by atoms with Crippen LogP contribution in [0.15, 0.2) is 18.2 Å². The summed E-state index contributed by atoms with van der Waals surface area (Å²) >= 11 is 0. The molecule has 2 aliphatic rings. The van der Waals surface area contributed by atoms with Crippen LogP contribution in [0.4, 0.5) is 14.7 Å². The van der Waals surface area contributed by atoms with Gasteiger partial charge >= 0.3 is 0 Å². The first-order chi connectivity index (χ1) is 13.5. The summed E-state index contributed by atoms with van der Waals surface area (Å²) in [7, 11) is 0. The Balaban J connectivity index is 1.43. The fraction of sp³-hybridized carbons (Fsp3) is 0.579. The Hall–Kier alpha value is -2.58. The molecule has 0 spiro atoms. The topological polar surface area (TPSA) is 67.2 Å². The van der Waals surface area contributed by atoms with Gasteiger partial charge in [0.25, 0.3) is 0 Å². The molecule has 1 amide bonds. The van der Waals surface area contributed by atoms with Gasteiger partial charge in [-0.25, -0.2) is 13.5 Å². The zero-order valence-corrected chi connectivity index (χ0v) is 15.9. The molecule has 0 N–H and O–H groups in total. The van der Waals surface area contributed by atoms with E-state index >= 15 is 0 Å². The number of anilines is 1. The molecule has 2 saturated heterocycles. The number of piperidine rings is 1. The van der Waals surface area contributed by atoms with E-state index < -0.39 is 11.6 Å². The largest absolute Gasteiger partial charge is 0.341 e. The molecule has 0 bridgehead atoms. The number of rotatable bonds is 5. The molecule has 2 fully saturated rings. The summed E-state index contributed by atoms with van der Waals surface area (Å²) in [5.74, 6) is -0.290. The van der Waals surface area contributed by atoms with Crippen molar-refractivity contribution >= 4 is 11.9 Å². The average molecular weight is 390 g/mol. The second kappa shape index (κ2) is 7.81. The third-order valence-electron chi connectivity index (χ3n) is 5.73. The first-order valence-corrected chi connectivity index (χ1v) is 9.79. The lowest BCUT2D eigenvalue weighted by Crippen LogP contribution is -2.37. The highest BCUT2D eigenvalue weighted by atomic mass is 19.1. The van der Waals surface area contributed by atoms with Gasteiger partial charge in [0.15, 0.2) is 0 Å². The highest BCUT2D eigenvalue weighted by Crippen LogP contribution is 2.33. The number of halogens is 2. The number of hydrogen-bond donors (Lipinski definition) is 0. The predicted octanol–water partition coefficient (Wildman–Crippen LogP) is 2.52. The summed E-state index contributed by atoms with van der Waals surface area (Å²) in [5.41, 5.74) is 0.183. The van der Waals surface area contributed by atoms with Crippen LogP contribution < -0.4 is 4.90 Å². The summed E-state index contributed by atoms with van der Waals surface area (Å²) in [4.78, 5) is 15.8. The molecular formula is C19H24F2N6O. The molecule has 2 aliphatic heterocycles. The Morgan fingerprint density at radius 2 is 1.89 bits per heavy atom. The van der Waals surface area contributed by atoms with Crippen molar-refractivity contribution in [1.29, 1.82) is 0 Å². The van der Waals surface area contributed by atoms with Gasteiger partial charge in [-0.1, -0.05) is 11.2 Å². The molecule has 0 saturated carbocycles. The Morgan fingerprint density at radius 3 is 2.54 bits per heavy atom. The third-order valence-corrected chi connectivity index (χ3v) is 5.73. The van der Waals surface area contributed by atoms with E-state index in [1.165, 1.54) is 18.2 Å². The molecule has 9 heteroatoms. The van der Waals surface area contributed by atoms with E-state index in [1.807, 2.05) is 11.8 Å². The second-order valence-corrected chi connectivity index (χ2v) is 7.61. The van der Waals surface area contributed by atoms with Crippen molar-refractivity contribution in [1.82, 2.24) is 25.1 Å². The van der Waals surface area contributed by atoms with Crippen molar-refractivity contribution in [2.45, 2.75) is 44.6 Å². The third kappa shape index (κ3) is 3.57. The fourth-order valence-electron chi connectivity index (χ4n) is 4.24. The van der Waals surface area contributed by atoms with Crippen LogP contribution in [0.1, 0.15) is 50.1 Å². The van der Waals surface area contributed by atoms with Crippen molar-refractivity contribution in [3.8, 4) is 0 Å². The maximum absolute atomic E-state index is 14.1. The smallest absolute Gasteiger partial charge is 0.245 e. The zero-order valence-electron chi connectivity index (χ0n) is 15.9. The lowest BCUT2D eigenvalue weighted by Gasteiger charge is -2.33. The molecule has 4 rings (SSSR count). The first kappa shape index (κ1) is 18.8. The maximum Gasteiger partial charge on any atom is 0.245 e. The van der Waals surface area contributed by atoms with E-state index in [4.69, 9.17) is 0 Å². The first-order valence-electron chi connectivity index (χ1n) is 9.79. The normalized spacial score (nSPS) is 19.5. The summed E-state index contributed by atoms with van der Waals surface area (Å²) in [5, 5.41) is 12.1. The Kier molecular flexibility index (Phi) is 5.23. The van der Waals surface area contributed by atoms with E-state index in [0.717, 1.165) is 13.0 Å². The van der Waals surface area contributed by atoms with Crippen LogP contribution in [0.2, 0.25) is 0 Å². The van der Waals surface area contributed by atoms with Gasteiger partial charge in [-0.3, -0.25) is 4.79 Å². The lowest BCUT2D eigenvalue weighted by molar-refractivity contribution is -0.128. The molecule has 0 aliphatic carbocycles. The van der Waals surface area contributed by atoms with Crippen LogP contribution in [0.5, 0.6) is 0 Å². The van der Waals surface area contributed by atoms with Gasteiger partial charge in [-0.15, -0.1) is 0 Å². The van der Waals surface area contributed by atoms with Crippen LogP contribution >= 0.6 is 0 Å². The molecular weight excluding hydrogens is 366 g/mol. The molecule has 1 unspecified atom stereocenters. The lowest BCUT2D eigenvalue weighted by atomic mass is 9.89. The molecule has 3 heterocycles. The summed E-state index contributed by atoms with van der Waals surface area (Å²) < 4.78 is 29.9. The second-order valence-electron chi connectivity index (χ2n) is 7.61. The SMILES string of the molecule is CC(CN1CCCC1=O)n1nnnc1N1CCC(c2c(F)cccc2F)CC1. The average Bonchev–Trinajstić information content (AvgIpc) is 3.32. The Morgan fingerprint density at radius 1 is 1.18 bits per heavy atom. The number of likely N-dealkylation sites (tertiary alicyclic amines) is 1. The van der Waals surface area contributed by atoms with E-state index in [9.17, 15) is 13.6 Å². The number of carbonyl (C=O) groups excluding carboxylic acids is 1. The molecule has 1 aromatic carbocycles. The Bertz CT molecular complexity index is 828. The number of aromatic nitrogens is 4. The molecule has 150 valence electrons. The predicted molar refractivity (Wildman–Crippen MR) is 98.9 cm³/mol. The Labute approximate surface area is 162 Å². The van der Waals surface area contributed by atoms with E-state index in [2.05, 4.69) is 20.4 Å². The van der Waals surface area contributed by atoms with Gasteiger partial charge in [0.1, 0.15) is 11.6 Å². The number of tetrazole rings is 1. The van der Waals surface area contributed by atoms with Gasteiger partial charge in [-0.2, -0.15) is 0 Å². The van der Waals surface area contributed by atoms with E-state index in [0.29, 0.717) is 44.8 Å². The van der Waals surface area contributed by atoms with Gasteiger partial charge in [0.2, 0.25) is 11.9 Å². The van der Waals surface area contributed by atoms with Crippen LogP contribution in [-0.4, -0.2) is 57.2 Å². The minimum absolute atomic E-state index is 0.0474. The van der Waals surface area contributed by atoms with Gasteiger partial charge < -0.3 is 9.80 Å². The number of nitrogens with zero attached hydrogens (tertiary/aromatic N) is 6. The van der Waals surface area contributed by atoms with E-state index in [1.54, 1.807) is 4.68 Å². The number of amides is 1. The summed E-state index contributed by atoms with van der Waals surface area (Å²) in [6.45, 7) is 4.59. The minimum atomic E-state index is -0.479. The number of benzene rings is 1.